The van der Waals surface area contributed by atoms with E-state index in [2.05, 4.69) is 83.0 Å². The molecule has 3 aromatic rings. The predicted molar refractivity (Wildman–Crippen MR) is 91.7 cm³/mol. The molecule has 4 rings (SSSR count). The number of hydrogen-bond acceptors (Lipinski definition) is 2. The maximum atomic E-state index is 3.50. The number of fused-ring (bicyclic) bond motifs is 2. The van der Waals surface area contributed by atoms with Crippen LogP contribution in [-0.4, -0.2) is 0 Å². The Hall–Kier alpha value is -2.45. The standard InChI is InChI=1S/C18H14N2.ClH/c1-2-8-14(9-3-1)20-17-12-6-4-10-15(17)19-16-11-5-7-13-18(16)20;/h1-13,19H;1H. The lowest BCUT2D eigenvalue weighted by Gasteiger charge is -2.33. The van der Waals surface area contributed by atoms with Gasteiger partial charge in [0.05, 0.1) is 22.7 Å². The second-order valence-electron chi connectivity index (χ2n) is 4.83. The van der Waals surface area contributed by atoms with Crippen LogP contribution in [0.15, 0.2) is 78.9 Å². The van der Waals surface area contributed by atoms with Crippen molar-refractivity contribution in [3.05, 3.63) is 78.9 Å². The van der Waals surface area contributed by atoms with Crippen molar-refractivity contribution in [2.45, 2.75) is 0 Å². The number of nitrogens with one attached hydrogen (secondary N) is 1. The zero-order valence-electron chi connectivity index (χ0n) is 11.4. The van der Waals surface area contributed by atoms with Crippen LogP contribution in [0.3, 0.4) is 0 Å². The van der Waals surface area contributed by atoms with Crippen molar-refractivity contribution < 1.29 is 0 Å². The number of benzene rings is 3. The van der Waals surface area contributed by atoms with Crippen LogP contribution in [0.5, 0.6) is 0 Å². The Morgan fingerprint density at radius 3 is 1.62 bits per heavy atom. The molecule has 3 aromatic carbocycles. The van der Waals surface area contributed by atoms with Crippen LogP contribution < -0.4 is 10.2 Å². The molecule has 1 heterocycles. The molecule has 0 saturated heterocycles. The molecule has 0 bridgehead atoms. The molecule has 0 atom stereocenters. The Morgan fingerprint density at radius 1 is 0.571 bits per heavy atom. The molecule has 0 amide bonds. The van der Waals surface area contributed by atoms with E-state index in [1.165, 1.54) is 17.1 Å². The number of para-hydroxylation sites is 5. The Balaban J connectivity index is 0.00000132. The summed E-state index contributed by atoms with van der Waals surface area (Å²) < 4.78 is 0. The van der Waals surface area contributed by atoms with Crippen molar-refractivity contribution >= 4 is 40.8 Å². The molecule has 0 radical (unpaired) electrons. The molecule has 1 aliphatic heterocycles. The second-order valence-corrected chi connectivity index (χ2v) is 4.83. The molecular weight excluding hydrogens is 280 g/mol. The van der Waals surface area contributed by atoms with Gasteiger partial charge < -0.3 is 10.2 Å². The number of anilines is 5. The summed E-state index contributed by atoms with van der Waals surface area (Å²) in [5.41, 5.74) is 5.80. The van der Waals surface area contributed by atoms with Crippen LogP contribution in [0, 0.1) is 0 Å². The average molecular weight is 295 g/mol. The van der Waals surface area contributed by atoms with E-state index >= 15 is 0 Å². The van der Waals surface area contributed by atoms with Crippen LogP contribution in [0.2, 0.25) is 0 Å². The van der Waals surface area contributed by atoms with Crippen molar-refractivity contribution in [3.63, 3.8) is 0 Å². The first-order valence-corrected chi connectivity index (χ1v) is 6.74. The van der Waals surface area contributed by atoms with Crippen LogP contribution >= 0.6 is 12.4 Å². The SMILES string of the molecule is Cl.c1ccc(N2c3ccccc3Nc3ccccc32)cc1. The normalized spacial score (nSPS) is 11.7. The lowest BCUT2D eigenvalue weighted by atomic mass is 10.1. The van der Waals surface area contributed by atoms with Crippen molar-refractivity contribution in [3.8, 4) is 0 Å². The third kappa shape index (κ3) is 2.24. The molecule has 104 valence electrons. The van der Waals surface area contributed by atoms with Crippen molar-refractivity contribution in [2.75, 3.05) is 10.2 Å². The number of rotatable bonds is 1. The Morgan fingerprint density at radius 2 is 1.05 bits per heavy atom. The van der Waals surface area contributed by atoms with Gasteiger partial charge in [-0.2, -0.15) is 0 Å². The van der Waals surface area contributed by atoms with E-state index in [-0.39, 0.29) is 12.4 Å². The lowest BCUT2D eigenvalue weighted by Crippen LogP contribution is -2.17. The van der Waals surface area contributed by atoms with Gasteiger partial charge in [0.1, 0.15) is 0 Å². The fourth-order valence-corrected chi connectivity index (χ4v) is 2.68. The minimum absolute atomic E-state index is 0. The molecule has 0 spiro atoms. The van der Waals surface area contributed by atoms with Crippen molar-refractivity contribution in [1.82, 2.24) is 0 Å². The van der Waals surface area contributed by atoms with Crippen LogP contribution in [-0.2, 0) is 0 Å². The third-order valence-corrected chi connectivity index (χ3v) is 3.57. The monoisotopic (exact) mass is 294 g/mol. The van der Waals surface area contributed by atoms with E-state index in [1.807, 2.05) is 6.07 Å². The molecule has 21 heavy (non-hydrogen) atoms. The van der Waals surface area contributed by atoms with E-state index < -0.39 is 0 Å². The number of halogens is 1. The highest BCUT2D eigenvalue weighted by molar-refractivity contribution is 5.96. The van der Waals surface area contributed by atoms with Gasteiger partial charge in [-0.05, 0) is 36.4 Å². The molecule has 0 fully saturated rings. The maximum absolute atomic E-state index is 3.50. The van der Waals surface area contributed by atoms with E-state index in [4.69, 9.17) is 0 Å². The molecule has 0 saturated carbocycles. The van der Waals surface area contributed by atoms with Crippen LogP contribution in [0.1, 0.15) is 0 Å². The van der Waals surface area contributed by atoms with E-state index in [0.717, 1.165) is 11.4 Å². The Labute approximate surface area is 130 Å². The maximum Gasteiger partial charge on any atom is 0.0697 e. The van der Waals surface area contributed by atoms with Crippen LogP contribution in [0.25, 0.3) is 0 Å². The molecule has 0 unspecified atom stereocenters. The summed E-state index contributed by atoms with van der Waals surface area (Å²) in [7, 11) is 0. The van der Waals surface area contributed by atoms with Crippen molar-refractivity contribution in [2.24, 2.45) is 0 Å². The highest BCUT2D eigenvalue weighted by Crippen LogP contribution is 2.47. The summed E-state index contributed by atoms with van der Waals surface area (Å²) in [6.07, 6.45) is 0. The predicted octanol–water partition coefficient (Wildman–Crippen LogP) is 5.64. The summed E-state index contributed by atoms with van der Waals surface area (Å²) >= 11 is 0. The fraction of sp³-hybridized carbons (Fsp3) is 0. The molecule has 1 N–H and O–H groups in total. The first-order valence-electron chi connectivity index (χ1n) is 6.74. The molecule has 0 aliphatic carbocycles. The van der Waals surface area contributed by atoms with Gasteiger partial charge in [0, 0.05) is 5.69 Å². The number of hydrogen-bond donors (Lipinski definition) is 1. The first-order chi connectivity index (χ1) is 9.93. The van der Waals surface area contributed by atoms with Gasteiger partial charge >= 0.3 is 0 Å². The largest absolute Gasteiger partial charge is 0.352 e. The minimum atomic E-state index is 0. The van der Waals surface area contributed by atoms with E-state index in [0.29, 0.717) is 0 Å². The molecular formula is C18H15ClN2. The van der Waals surface area contributed by atoms with Gasteiger partial charge in [0.2, 0.25) is 0 Å². The summed E-state index contributed by atoms with van der Waals surface area (Å²) in [6.45, 7) is 0. The molecule has 0 aromatic heterocycles. The molecule has 1 aliphatic rings. The van der Waals surface area contributed by atoms with E-state index in [1.54, 1.807) is 0 Å². The van der Waals surface area contributed by atoms with Gasteiger partial charge in [-0.3, -0.25) is 0 Å². The summed E-state index contributed by atoms with van der Waals surface area (Å²) in [4.78, 5) is 2.29. The van der Waals surface area contributed by atoms with E-state index in [9.17, 15) is 0 Å². The van der Waals surface area contributed by atoms with Gasteiger partial charge in [-0.15, -0.1) is 12.4 Å². The molecule has 3 heteroatoms. The summed E-state index contributed by atoms with van der Waals surface area (Å²) in [5.74, 6) is 0. The Kier molecular flexibility index (Phi) is 3.55. The number of nitrogens with zero attached hydrogens (tertiary/aromatic N) is 1. The van der Waals surface area contributed by atoms with Gasteiger partial charge in [0.25, 0.3) is 0 Å². The highest BCUT2D eigenvalue weighted by atomic mass is 35.5. The first kappa shape index (κ1) is 13.5. The van der Waals surface area contributed by atoms with Crippen molar-refractivity contribution in [1.29, 1.82) is 0 Å². The molecule has 2 nitrogen and oxygen atoms in total. The zero-order chi connectivity index (χ0) is 13.4. The summed E-state index contributed by atoms with van der Waals surface area (Å²) in [6, 6.07) is 27.2. The van der Waals surface area contributed by atoms with Gasteiger partial charge in [-0.1, -0.05) is 42.5 Å². The highest BCUT2D eigenvalue weighted by Gasteiger charge is 2.22. The summed E-state index contributed by atoms with van der Waals surface area (Å²) in [5, 5.41) is 3.50. The smallest absolute Gasteiger partial charge is 0.0697 e. The third-order valence-electron chi connectivity index (χ3n) is 3.57. The van der Waals surface area contributed by atoms with Gasteiger partial charge in [-0.25, -0.2) is 0 Å². The fourth-order valence-electron chi connectivity index (χ4n) is 2.68. The van der Waals surface area contributed by atoms with Gasteiger partial charge in [0.15, 0.2) is 0 Å². The Bertz CT molecular complexity index is 710. The second kappa shape index (κ2) is 5.51. The average Bonchev–Trinajstić information content (AvgIpc) is 2.53. The zero-order valence-corrected chi connectivity index (χ0v) is 12.2. The topological polar surface area (TPSA) is 15.3 Å². The quantitative estimate of drug-likeness (QED) is 0.489. The minimum Gasteiger partial charge on any atom is -0.352 e. The lowest BCUT2D eigenvalue weighted by molar-refractivity contribution is 1.25. The van der Waals surface area contributed by atoms with Crippen LogP contribution in [0.4, 0.5) is 28.4 Å².